The first-order valence-electron chi connectivity index (χ1n) is 5.22. The molecule has 84 valence electrons. The first-order chi connectivity index (χ1) is 7.13. The van der Waals surface area contributed by atoms with E-state index in [-0.39, 0.29) is 18.3 Å². The van der Waals surface area contributed by atoms with E-state index in [1.54, 1.807) is 0 Å². The molecular weight excluding hydrogens is 228 g/mol. The predicted octanol–water partition coefficient (Wildman–Crippen LogP) is 2.63. The Labute approximate surface area is 100 Å². The molecule has 2 aliphatic heterocycles. The standard InChI is InChI=1S/C11H16O2S2/c1-6-8-4-5-9(12-8)7(2)10(6)13-11(14)15-3/h4-10H,1-3H3/t6-,7+,8+,9-,10?. The van der Waals surface area contributed by atoms with E-state index in [1.807, 2.05) is 6.26 Å². The largest absolute Gasteiger partial charge is 0.474 e. The van der Waals surface area contributed by atoms with E-state index >= 15 is 0 Å². The van der Waals surface area contributed by atoms with E-state index in [9.17, 15) is 0 Å². The van der Waals surface area contributed by atoms with Crippen molar-refractivity contribution in [1.82, 2.24) is 0 Å². The molecule has 0 radical (unpaired) electrons. The van der Waals surface area contributed by atoms with Crippen molar-refractivity contribution >= 4 is 28.4 Å². The summed E-state index contributed by atoms with van der Waals surface area (Å²) in [5.74, 6) is 0.750. The van der Waals surface area contributed by atoms with Crippen molar-refractivity contribution in [3.05, 3.63) is 12.2 Å². The van der Waals surface area contributed by atoms with Crippen LogP contribution in [0.1, 0.15) is 13.8 Å². The van der Waals surface area contributed by atoms with E-state index in [0.29, 0.717) is 16.2 Å². The molecule has 15 heavy (non-hydrogen) atoms. The molecule has 0 amide bonds. The van der Waals surface area contributed by atoms with Gasteiger partial charge in [0.1, 0.15) is 6.10 Å². The molecule has 0 aromatic carbocycles. The Kier molecular flexibility index (Phi) is 3.38. The molecule has 0 spiro atoms. The summed E-state index contributed by atoms with van der Waals surface area (Å²) in [7, 11) is 0. The molecule has 0 aliphatic carbocycles. The summed E-state index contributed by atoms with van der Waals surface area (Å²) >= 11 is 6.61. The Balaban J connectivity index is 2.08. The molecular formula is C11H16O2S2. The zero-order valence-electron chi connectivity index (χ0n) is 9.17. The number of rotatable bonds is 1. The second-order valence-corrected chi connectivity index (χ2v) is 5.61. The smallest absolute Gasteiger partial charge is 0.219 e. The molecule has 5 atom stereocenters. The van der Waals surface area contributed by atoms with Crippen molar-refractivity contribution in [1.29, 1.82) is 0 Å². The molecule has 0 N–H and O–H groups in total. The van der Waals surface area contributed by atoms with Crippen LogP contribution in [0, 0.1) is 11.8 Å². The summed E-state index contributed by atoms with van der Waals surface area (Å²) in [6.45, 7) is 4.33. The number of ether oxygens (including phenoxy) is 2. The van der Waals surface area contributed by atoms with Crippen molar-refractivity contribution < 1.29 is 9.47 Å². The van der Waals surface area contributed by atoms with Crippen LogP contribution >= 0.6 is 24.0 Å². The molecule has 2 bridgehead atoms. The summed E-state index contributed by atoms with van der Waals surface area (Å²) < 4.78 is 12.3. The Morgan fingerprint density at radius 1 is 1.27 bits per heavy atom. The lowest BCUT2D eigenvalue weighted by atomic mass is 9.86. The maximum atomic E-state index is 5.83. The van der Waals surface area contributed by atoms with Crippen molar-refractivity contribution in [3.63, 3.8) is 0 Å². The van der Waals surface area contributed by atoms with Crippen molar-refractivity contribution in [2.24, 2.45) is 11.8 Å². The first kappa shape index (κ1) is 11.4. The van der Waals surface area contributed by atoms with Crippen LogP contribution in [-0.2, 0) is 9.47 Å². The highest BCUT2D eigenvalue weighted by atomic mass is 32.2. The molecule has 1 unspecified atom stereocenters. The van der Waals surface area contributed by atoms with Gasteiger partial charge in [0.05, 0.1) is 12.2 Å². The van der Waals surface area contributed by atoms with Gasteiger partial charge in [-0.2, -0.15) is 0 Å². The van der Waals surface area contributed by atoms with Crippen LogP contribution in [0.2, 0.25) is 0 Å². The van der Waals surface area contributed by atoms with Gasteiger partial charge in [-0.1, -0.05) is 37.8 Å². The monoisotopic (exact) mass is 244 g/mol. The minimum absolute atomic E-state index is 0.184. The van der Waals surface area contributed by atoms with Gasteiger partial charge in [-0.25, -0.2) is 0 Å². The lowest BCUT2D eigenvalue weighted by Gasteiger charge is -2.39. The van der Waals surface area contributed by atoms with Gasteiger partial charge >= 0.3 is 0 Å². The highest BCUT2D eigenvalue weighted by Crippen LogP contribution is 2.37. The average molecular weight is 244 g/mol. The van der Waals surface area contributed by atoms with Crippen LogP contribution in [0.4, 0.5) is 0 Å². The molecule has 2 rings (SSSR count). The second kappa shape index (κ2) is 4.44. The number of hydrogen-bond donors (Lipinski definition) is 0. The van der Waals surface area contributed by atoms with E-state index in [4.69, 9.17) is 21.7 Å². The minimum Gasteiger partial charge on any atom is -0.474 e. The highest BCUT2D eigenvalue weighted by molar-refractivity contribution is 8.22. The second-order valence-electron chi connectivity index (χ2n) is 4.21. The summed E-state index contributed by atoms with van der Waals surface area (Å²) in [6.07, 6.45) is 6.85. The topological polar surface area (TPSA) is 18.5 Å². The van der Waals surface area contributed by atoms with Gasteiger partial charge in [0, 0.05) is 11.8 Å². The lowest BCUT2D eigenvalue weighted by molar-refractivity contribution is -0.109. The Bertz CT molecular complexity index is 272. The predicted molar refractivity (Wildman–Crippen MR) is 67.1 cm³/mol. The molecule has 4 heteroatoms. The molecule has 0 aromatic rings. The summed E-state index contributed by atoms with van der Waals surface area (Å²) in [5.41, 5.74) is 0. The van der Waals surface area contributed by atoms with E-state index in [1.165, 1.54) is 11.8 Å². The van der Waals surface area contributed by atoms with E-state index in [2.05, 4.69) is 26.0 Å². The molecule has 1 saturated heterocycles. The number of thiocarbonyl (C=S) groups is 1. The maximum Gasteiger partial charge on any atom is 0.219 e. The lowest BCUT2D eigenvalue weighted by Crippen LogP contribution is -2.46. The van der Waals surface area contributed by atoms with Crippen molar-refractivity contribution in [2.45, 2.75) is 32.2 Å². The highest BCUT2D eigenvalue weighted by Gasteiger charge is 2.44. The van der Waals surface area contributed by atoms with Crippen LogP contribution in [-0.4, -0.2) is 29.0 Å². The van der Waals surface area contributed by atoms with Gasteiger partial charge in [-0.3, -0.25) is 0 Å². The Morgan fingerprint density at radius 3 is 2.27 bits per heavy atom. The average Bonchev–Trinajstić information content (AvgIpc) is 2.68. The van der Waals surface area contributed by atoms with Gasteiger partial charge in [0.25, 0.3) is 0 Å². The molecule has 1 fully saturated rings. The third-order valence-electron chi connectivity index (χ3n) is 3.28. The number of hydrogen-bond acceptors (Lipinski definition) is 4. The molecule has 2 nitrogen and oxygen atoms in total. The summed E-state index contributed by atoms with van der Waals surface area (Å²) in [6, 6.07) is 0. The summed E-state index contributed by atoms with van der Waals surface area (Å²) in [4.78, 5) is 0. The van der Waals surface area contributed by atoms with Gasteiger partial charge < -0.3 is 9.47 Å². The van der Waals surface area contributed by atoms with Crippen LogP contribution in [0.15, 0.2) is 12.2 Å². The molecule has 0 aromatic heterocycles. The third-order valence-corrected chi connectivity index (χ3v) is 4.30. The number of thioether (sulfide) groups is 1. The van der Waals surface area contributed by atoms with Crippen LogP contribution in [0.5, 0.6) is 0 Å². The first-order valence-corrected chi connectivity index (χ1v) is 6.85. The van der Waals surface area contributed by atoms with Gasteiger partial charge in [0.15, 0.2) is 0 Å². The van der Waals surface area contributed by atoms with Crippen LogP contribution in [0.25, 0.3) is 0 Å². The molecule has 0 saturated carbocycles. The molecule has 2 aliphatic rings. The third kappa shape index (κ3) is 2.08. The normalized spacial score (nSPS) is 43.0. The van der Waals surface area contributed by atoms with E-state index < -0.39 is 0 Å². The summed E-state index contributed by atoms with van der Waals surface area (Å²) in [5, 5.41) is 0. The minimum atomic E-state index is 0.184. The van der Waals surface area contributed by atoms with Crippen molar-refractivity contribution in [3.8, 4) is 0 Å². The van der Waals surface area contributed by atoms with Gasteiger partial charge in [-0.05, 0) is 18.5 Å². The number of fused-ring (bicyclic) bond motifs is 2. The fourth-order valence-electron chi connectivity index (χ4n) is 2.32. The quantitative estimate of drug-likeness (QED) is 0.521. The fourth-order valence-corrected chi connectivity index (χ4v) is 2.63. The van der Waals surface area contributed by atoms with Gasteiger partial charge in [0.2, 0.25) is 4.38 Å². The Hall–Kier alpha value is -0.0600. The van der Waals surface area contributed by atoms with E-state index in [0.717, 1.165) is 0 Å². The van der Waals surface area contributed by atoms with Crippen LogP contribution in [0.3, 0.4) is 0 Å². The van der Waals surface area contributed by atoms with Gasteiger partial charge in [-0.15, -0.1) is 0 Å². The SMILES string of the molecule is CSC(=S)OC1[C@@H](C)[C@H]2C=C[C@H](O2)[C@H]1C. The zero-order chi connectivity index (χ0) is 11.0. The zero-order valence-corrected chi connectivity index (χ0v) is 10.8. The maximum absolute atomic E-state index is 5.83. The van der Waals surface area contributed by atoms with Crippen molar-refractivity contribution in [2.75, 3.05) is 6.26 Å². The molecule has 2 heterocycles. The Morgan fingerprint density at radius 2 is 1.80 bits per heavy atom. The van der Waals surface area contributed by atoms with Crippen LogP contribution < -0.4 is 0 Å². The fraction of sp³-hybridized carbons (Fsp3) is 0.727.